The van der Waals surface area contributed by atoms with Crippen molar-refractivity contribution in [2.75, 3.05) is 31.6 Å². The Kier molecular flexibility index (Phi) is 4.78. The Hall–Kier alpha value is -3.19. The van der Waals surface area contributed by atoms with E-state index in [9.17, 15) is 4.79 Å². The number of imidazole rings is 1. The van der Waals surface area contributed by atoms with Crippen LogP contribution in [0.4, 0.5) is 5.69 Å². The first-order valence-corrected chi connectivity index (χ1v) is 10.8. The fourth-order valence-electron chi connectivity index (χ4n) is 4.53. The fraction of sp³-hybridized carbons (Fsp3) is 0.375. The van der Waals surface area contributed by atoms with Gasteiger partial charge >= 0.3 is 5.63 Å². The number of hydrogen-bond donors (Lipinski definition) is 0. The molecule has 0 N–H and O–H groups in total. The number of nitrogens with zero attached hydrogens (tertiary/aromatic N) is 5. The molecule has 3 aromatic heterocycles. The molecule has 160 valence electrons. The summed E-state index contributed by atoms with van der Waals surface area (Å²) in [5.74, 6) is 0. The highest BCUT2D eigenvalue weighted by Gasteiger charge is 2.23. The van der Waals surface area contributed by atoms with Gasteiger partial charge in [-0.15, -0.1) is 0 Å². The van der Waals surface area contributed by atoms with E-state index < -0.39 is 0 Å². The van der Waals surface area contributed by atoms with E-state index >= 15 is 0 Å². The van der Waals surface area contributed by atoms with Gasteiger partial charge in [0.05, 0.1) is 22.6 Å². The summed E-state index contributed by atoms with van der Waals surface area (Å²) in [7, 11) is 2.19. The highest BCUT2D eigenvalue weighted by atomic mass is 16.4. The van der Waals surface area contributed by atoms with E-state index in [0.29, 0.717) is 22.9 Å². The minimum atomic E-state index is -0.375. The van der Waals surface area contributed by atoms with Crippen LogP contribution in [0.25, 0.3) is 27.9 Å². The lowest BCUT2D eigenvalue weighted by molar-refractivity contribution is 0.213. The van der Waals surface area contributed by atoms with E-state index in [4.69, 9.17) is 4.42 Å². The van der Waals surface area contributed by atoms with Gasteiger partial charge in [-0.05, 0) is 45.5 Å². The minimum Gasteiger partial charge on any atom is -0.422 e. The van der Waals surface area contributed by atoms with Gasteiger partial charge in [0.25, 0.3) is 0 Å². The standard InChI is InChI=1S/C24H27N5O2/c1-5-18-13-28(9-8-27(18)4)19-7-6-17-10-20(24(30)31-22(17)11-19)21-14-29-12-15(2)25-16(3)23(29)26-21/h6-7,10-12,14,18H,5,8-9,13H2,1-4H3. The topological polar surface area (TPSA) is 66.9 Å². The Labute approximate surface area is 180 Å². The summed E-state index contributed by atoms with van der Waals surface area (Å²) >= 11 is 0. The molecule has 0 aliphatic carbocycles. The van der Waals surface area contributed by atoms with Crippen molar-refractivity contribution in [1.82, 2.24) is 19.3 Å². The van der Waals surface area contributed by atoms with Crippen molar-refractivity contribution in [3.8, 4) is 11.3 Å². The van der Waals surface area contributed by atoms with Crippen LogP contribution in [-0.2, 0) is 0 Å². The van der Waals surface area contributed by atoms with Gasteiger partial charge in [0.2, 0.25) is 0 Å². The van der Waals surface area contributed by atoms with Crippen LogP contribution in [0.5, 0.6) is 0 Å². The molecule has 1 unspecified atom stereocenters. The summed E-state index contributed by atoms with van der Waals surface area (Å²) in [4.78, 5) is 26.7. The quantitative estimate of drug-likeness (QED) is 0.474. The average molecular weight is 418 g/mol. The summed E-state index contributed by atoms with van der Waals surface area (Å²) in [6.45, 7) is 9.07. The maximum atomic E-state index is 12.8. The molecule has 7 nitrogen and oxygen atoms in total. The van der Waals surface area contributed by atoms with E-state index in [1.165, 1.54) is 0 Å². The molecule has 7 heteroatoms. The van der Waals surface area contributed by atoms with E-state index in [1.807, 2.05) is 48.8 Å². The average Bonchev–Trinajstić information content (AvgIpc) is 3.17. The van der Waals surface area contributed by atoms with Gasteiger partial charge < -0.3 is 13.7 Å². The monoisotopic (exact) mass is 417 g/mol. The molecule has 0 bridgehead atoms. The number of aromatic nitrogens is 3. The number of piperazine rings is 1. The van der Waals surface area contributed by atoms with Gasteiger partial charge in [-0.25, -0.2) is 9.78 Å². The molecule has 0 amide bonds. The smallest absolute Gasteiger partial charge is 0.345 e. The first-order valence-electron chi connectivity index (χ1n) is 10.8. The van der Waals surface area contributed by atoms with Crippen LogP contribution in [0.1, 0.15) is 24.7 Å². The van der Waals surface area contributed by atoms with Crippen molar-refractivity contribution in [2.45, 2.75) is 33.2 Å². The van der Waals surface area contributed by atoms with E-state index in [2.05, 4.69) is 39.8 Å². The fourth-order valence-corrected chi connectivity index (χ4v) is 4.53. The SMILES string of the molecule is CCC1CN(c2ccc3cc(-c4cn5cc(C)nc(C)c5n4)c(=O)oc3c2)CCN1C. The van der Waals surface area contributed by atoms with Crippen LogP contribution in [0.2, 0.25) is 0 Å². The highest BCUT2D eigenvalue weighted by molar-refractivity contribution is 5.84. The van der Waals surface area contributed by atoms with Crippen LogP contribution in [0, 0.1) is 13.8 Å². The first kappa shape index (κ1) is 19.8. The normalized spacial score (nSPS) is 17.7. The van der Waals surface area contributed by atoms with Gasteiger partial charge in [-0.1, -0.05) is 6.92 Å². The number of aryl methyl sites for hydroxylation is 2. The third-order valence-corrected chi connectivity index (χ3v) is 6.33. The molecule has 5 rings (SSSR count). The van der Waals surface area contributed by atoms with Crippen molar-refractivity contribution in [1.29, 1.82) is 0 Å². The van der Waals surface area contributed by atoms with Gasteiger partial charge in [0.1, 0.15) is 5.58 Å². The summed E-state index contributed by atoms with van der Waals surface area (Å²) in [5, 5.41) is 0.891. The summed E-state index contributed by atoms with van der Waals surface area (Å²) in [6.07, 6.45) is 4.89. The van der Waals surface area contributed by atoms with Crippen molar-refractivity contribution in [3.05, 3.63) is 58.5 Å². The van der Waals surface area contributed by atoms with Gasteiger partial charge in [-0.3, -0.25) is 9.88 Å². The number of fused-ring (bicyclic) bond motifs is 2. The Morgan fingerprint density at radius 1 is 1.13 bits per heavy atom. The van der Waals surface area contributed by atoms with Crippen LogP contribution in [0.15, 0.2) is 45.9 Å². The number of benzene rings is 1. The molecule has 1 aliphatic rings. The summed E-state index contributed by atoms with van der Waals surface area (Å²) < 4.78 is 7.66. The summed E-state index contributed by atoms with van der Waals surface area (Å²) in [6, 6.07) is 8.55. The Morgan fingerprint density at radius 3 is 2.77 bits per heavy atom. The third kappa shape index (κ3) is 3.49. The molecule has 0 saturated carbocycles. The lowest BCUT2D eigenvalue weighted by Gasteiger charge is -2.40. The molecule has 4 heterocycles. The van der Waals surface area contributed by atoms with Crippen LogP contribution < -0.4 is 10.5 Å². The number of anilines is 1. The van der Waals surface area contributed by atoms with Crippen molar-refractivity contribution >= 4 is 22.3 Å². The Bertz CT molecular complexity index is 1340. The van der Waals surface area contributed by atoms with Crippen molar-refractivity contribution in [2.24, 2.45) is 0 Å². The number of hydrogen-bond acceptors (Lipinski definition) is 6. The molecule has 0 radical (unpaired) electrons. The molecule has 31 heavy (non-hydrogen) atoms. The maximum absolute atomic E-state index is 12.8. The number of likely N-dealkylation sites (N-methyl/N-ethyl adjacent to an activating group) is 1. The lowest BCUT2D eigenvalue weighted by Crippen LogP contribution is -2.51. The zero-order valence-electron chi connectivity index (χ0n) is 18.4. The maximum Gasteiger partial charge on any atom is 0.345 e. The molecular weight excluding hydrogens is 390 g/mol. The molecule has 4 aromatic rings. The van der Waals surface area contributed by atoms with Gasteiger partial charge in [0, 0.05) is 55.2 Å². The molecule has 0 spiro atoms. The second-order valence-corrected chi connectivity index (χ2v) is 8.48. The van der Waals surface area contributed by atoms with Crippen LogP contribution in [0.3, 0.4) is 0 Å². The van der Waals surface area contributed by atoms with E-state index in [1.54, 1.807) is 0 Å². The van der Waals surface area contributed by atoms with E-state index in [-0.39, 0.29) is 5.63 Å². The Morgan fingerprint density at radius 2 is 1.97 bits per heavy atom. The molecule has 1 aromatic carbocycles. The molecule has 1 fully saturated rings. The third-order valence-electron chi connectivity index (χ3n) is 6.33. The predicted molar refractivity (Wildman–Crippen MR) is 123 cm³/mol. The highest BCUT2D eigenvalue weighted by Crippen LogP contribution is 2.27. The molecule has 1 saturated heterocycles. The molecule has 1 aliphatic heterocycles. The summed E-state index contributed by atoms with van der Waals surface area (Å²) in [5.41, 5.74) is 4.87. The zero-order chi connectivity index (χ0) is 21.7. The van der Waals surface area contributed by atoms with Crippen molar-refractivity contribution < 1.29 is 4.42 Å². The minimum absolute atomic E-state index is 0.375. The molecular formula is C24H27N5O2. The zero-order valence-corrected chi connectivity index (χ0v) is 18.4. The second-order valence-electron chi connectivity index (χ2n) is 8.48. The predicted octanol–water partition coefficient (Wildman–Crippen LogP) is 3.65. The van der Waals surface area contributed by atoms with Crippen LogP contribution in [-0.4, -0.2) is 52.0 Å². The number of rotatable bonds is 3. The van der Waals surface area contributed by atoms with E-state index in [0.717, 1.165) is 54.2 Å². The first-order chi connectivity index (χ1) is 14.9. The largest absolute Gasteiger partial charge is 0.422 e. The lowest BCUT2D eigenvalue weighted by atomic mass is 10.1. The van der Waals surface area contributed by atoms with Gasteiger partial charge in [0.15, 0.2) is 5.65 Å². The van der Waals surface area contributed by atoms with Crippen LogP contribution >= 0.6 is 0 Å². The Balaban J connectivity index is 1.53. The van der Waals surface area contributed by atoms with Crippen molar-refractivity contribution in [3.63, 3.8) is 0 Å². The second kappa shape index (κ2) is 7.50. The molecule has 1 atom stereocenters. The van der Waals surface area contributed by atoms with Gasteiger partial charge in [-0.2, -0.15) is 0 Å².